The molecule has 0 aromatic rings. The minimum atomic E-state index is -0.442. The van der Waals surface area contributed by atoms with E-state index in [4.69, 9.17) is 0 Å². The third-order valence-electron chi connectivity index (χ3n) is 8.97. The zero-order chi connectivity index (χ0) is 18.7. The van der Waals surface area contributed by atoms with E-state index in [0.717, 1.165) is 56.9 Å². The molecule has 4 rings (SSSR count). The Hall–Kier alpha value is -0.670. The van der Waals surface area contributed by atoms with Crippen LogP contribution in [0.1, 0.15) is 72.1 Å². The first-order chi connectivity index (χ1) is 12.3. The average Bonchev–Trinajstić information content (AvgIpc) is 2.98. The third kappa shape index (κ3) is 2.49. The monoisotopic (exact) mass is 362 g/mol. The van der Waals surface area contributed by atoms with Crippen LogP contribution in [0.2, 0.25) is 0 Å². The van der Waals surface area contributed by atoms with Crippen LogP contribution in [-0.4, -0.2) is 22.9 Å². The highest BCUT2D eigenvalue weighted by Gasteiger charge is 2.59. The standard InChI is InChI=1S/C23H35FO2/c1-4-14-11-15-12-16(26)7-9-22(15,2)19-8-10-23(3)17(20(24)13-25)5-6-18(23)21(14)19/h11,14,16,18-19,21,25-26H,4-10,12-13H2,1-3H3/t14-,16-,18-,19-,21-,22-,23+/m0/s1. The van der Waals surface area contributed by atoms with Gasteiger partial charge in [-0.05, 0) is 91.4 Å². The first-order valence-corrected chi connectivity index (χ1v) is 10.7. The molecule has 0 heterocycles. The number of allylic oxidation sites excluding steroid dienone is 2. The first-order valence-electron chi connectivity index (χ1n) is 10.7. The van der Waals surface area contributed by atoms with Crippen LogP contribution in [0.4, 0.5) is 4.39 Å². The molecule has 4 aliphatic rings. The lowest BCUT2D eigenvalue weighted by molar-refractivity contribution is -0.0498. The lowest BCUT2D eigenvalue weighted by Gasteiger charge is -2.59. The third-order valence-corrected chi connectivity index (χ3v) is 8.97. The lowest BCUT2D eigenvalue weighted by Crippen LogP contribution is -2.52. The fourth-order valence-corrected chi connectivity index (χ4v) is 7.55. The van der Waals surface area contributed by atoms with E-state index >= 15 is 0 Å². The fraction of sp³-hybridized carbons (Fsp3) is 0.826. The Bertz CT molecular complexity index is 638. The Balaban J connectivity index is 1.75. The van der Waals surface area contributed by atoms with Crippen LogP contribution in [0.25, 0.3) is 0 Å². The molecule has 0 aromatic heterocycles. The molecular formula is C23H35FO2. The molecule has 0 bridgehead atoms. The number of hydrogen-bond acceptors (Lipinski definition) is 2. The van der Waals surface area contributed by atoms with Crippen molar-refractivity contribution in [2.45, 2.75) is 78.2 Å². The summed E-state index contributed by atoms with van der Waals surface area (Å²) in [6.45, 7) is 6.55. The maximum absolute atomic E-state index is 14.4. The van der Waals surface area contributed by atoms with Crippen molar-refractivity contribution in [3.63, 3.8) is 0 Å². The number of aliphatic hydroxyl groups is 2. The second-order valence-corrected chi connectivity index (χ2v) is 9.90. The summed E-state index contributed by atoms with van der Waals surface area (Å²) in [6.07, 6.45) is 10.4. The van der Waals surface area contributed by atoms with Crippen molar-refractivity contribution < 1.29 is 14.6 Å². The molecule has 2 nitrogen and oxygen atoms in total. The van der Waals surface area contributed by atoms with E-state index in [2.05, 4.69) is 26.8 Å². The number of fused-ring (bicyclic) bond motifs is 5. The molecule has 26 heavy (non-hydrogen) atoms. The van der Waals surface area contributed by atoms with Gasteiger partial charge in [0.2, 0.25) is 0 Å². The van der Waals surface area contributed by atoms with Crippen LogP contribution in [0.5, 0.6) is 0 Å². The van der Waals surface area contributed by atoms with Gasteiger partial charge in [0.1, 0.15) is 5.83 Å². The van der Waals surface area contributed by atoms with Crippen LogP contribution >= 0.6 is 0 Å². The molecular weight excluding hydrogens is 327 g/mol. The molecule has 0 spiro atoms. The van der Waals surface area contributed by atoms with Crippen LogP contribution in [0.3, 0.4) is 0 Å². The normalized spacial score (nSPS) is 49.8. The van der Waals surface area contributed by atoms with Crippen LogP contribution in [0, 0.1) is 34.5 Å². The van der Waals surface area contributed by atoms with Gasteiger partial charge in [-0.25, -0.2) is 4.39 Å². The summed E-state index contributed by atoms with van der Waals surface area (Å²) in [5, 5.41) is 19.6. The van der Waals surface area contributed by atoms with E-state index in [9.17, 15) is 14.6 Å². The Morgan fingerprint density at radius 2 is 1.85 bits per heavy atom. The Morgan fingerprint density at radius 3 is 2.54 bits per heavy atom. The topological polar surface area (TPSA) is 40.5 Å². The molecule has 3 heteroatoms. The van der Waals surface area contributed by atoms with Gasteiger partial charge in [-0.3, -0.25) is 0 Å². The number of rotatable bonds is 2. The van der Waals surface area contributed by atoms with E-state index in [1.165, 1.54) is 5.57 Å². The van der Waals surface area contributed by atoms with Gasteiger partial charge in [0, 0.05) is 0 Å². The summed E-state index contributed by atoms with van der Waals surface area (Å²) in [5.41, 5.74) is 2.57. The van der Waals surface area contributed by atoms with Crippen molar-refractivity contribution in [3.8, 4) is 0 Å². The largest absolute Gasteiger partial charge is 0.393 e. The van der Waals surface area contributed by atoms with Crippen molar-refractivity contribution in [2.75, 3.05) is 6.61 Å². The molecule has 0 amide bonds. The summed E-state index contributed by atoms with van der Waals surface area (Å²) >= 11 is 0. The van der Waals surface area contributed by atoms with E-state index in [1.807, 2.05) is 0 Å². The fourth-order valence-electron chi connectivity index (χ4n) is 7.55. The molecule has 3 saturated carbocycles. The maximum atomic E-state index is 14.4. The molecule has 0 radical (unpaired) electrons. The van der Waals surface area contributed by atoms with E-state index < -0.39 is 6.61 Å². The highest BCUT2D eigenvalue weighted by atomic mass is 19.1. The zero-order valence-electron chi connectivity index (χ0n) is 16.6. The number of aliphatic hydroxyl groups excluding tert-OH is 2. The van der Waals surface area contributed by atoms with Gasteiger partial charge in [-0.15, -0.1) is 0 Å². The van der Waals surface area contributed by atoms with Crippen molar-refractivity contribution in [1.82, 2.24) is 0 Å². The molecule has 0 saturated heterocycles. The molecule has 0 aliphatic heterocycles. The molecule has 2 N–H and O–H groups in total. The number of halogens is 1. The van der Waals surface area contributed by atoms with Gasteiger partial charge in [0.15, 0.2) is 0 Å². The van der Waals surface area contributed by atoms with Crippen LogP contribution in [-0.2, 0) is 0 Å². The maximum Gasteiger partial charge on any atom is 0.125 e. The predicted octanol–water partition coefficient (Wildman–Crippen LogP) is 5.16. The SMILES string of the molecule is CC[C@H]1C=C2C[C@@H](O)CC[C@]2(C)[C@H]2CC[C@]3(C)C(=C(F)CO)CC[C@H]3[C@H]12. The van der Waals surface area contributed by atoms with Gasteiger partial charge in [-0.1, -0.05) is 32.4 Å². The smallest absolute Gasteiger partial charge is 0.125 e. The van der Waals surface area contributed by atoms with Gasteiger partial charge >= 0.3 is 0 Å². The quantitative estimate of drug-likeness (QED) is 0.666. The minimum Gasteiger partial charge on any atom is -0.393 e. The second-order valence-electron chi connectivity index (χ2n) is 9.90. The van der Waals surface area contributed by atoms with Gasteiger partial charge in [0.05, 0.1) is 12.7 Å². The van der Waals surface area contributed by atoms with Crippen molar-refractivity contribution >= 4 is 0 Å². The summed E-state index contributed by atoms with van der Waals surface area (Å²) in [6, 6.07) is 0. The molecule has 4 aliphatic carbocycles. The molecule has 0 aromatic carbocycles. The van der Waals surface area contributed by atoms with Crippen molar-refractivity contribution in [2.24, 2.45) is 34.5 Å². The van der Waals surface area contributed by atoms with Crippen LogP contribution < -0.4 is 0 Å². The first kappa shape index (κ1) is 18.7. The van der Waals surface area contributed by atoms with Gasteiger partial charge in [0.25, 0.3) is 0 Å². The minimum absolute atomic E-state index is 0.0721. The van der Waals surface area contributed by atoms with E-state index in [-0.39, 0.29) is 22.8 Å². The Morgan fingerprint density at radius 1 is 1.15 bits per heavy atom. The molecule has 3 fully saturated rings. The van der Waals surface area contributed by atoms with Gasteiger partial charge in [-0.2, -0.15) is 0 Å². The summed E-state index contributed by atoms with van der Waals surface area (Å²) in [7, 11) is 0. The van der Waals surface area contributed by atoms with Crippen molar-refractivity contribution in [3.05, 3.63) is 23.0 Å². The second kappa shape index (κ2) is 6.44. The van der Waals surface area contributed by atoms with E-state index in [1.54, 1.807) is 0 Å². The highest BCUT2D eigenvalue weighted by molar-refractivity contribution is 5.31. The molecule has 0 unspecified atom stereocenters. The zero-order valence-corrected chi connectivity index (χ0v) is 16.6. The Labute approximate surface area is 157 Å². The number of hydrogen-bond donors (Lipinski definition) is 2. The van der Waals surface area contributed by atoms with Crippen LogP contribution in [0.15, 0.2) is 23.0 Å². The Kier molecular flexibility index (Phi) is 4.63. The summed E-state index contributed by atoms with van der Waals surface area (Å²) in [5.74, 6) is 2.09. The highest BCUT2D eigenvalue weighted by Crippen LogP contribution is 2.67. The van der Waals surface area contributed by atoms with Crippen molar-refractivity contribution in [1.29, 1.82) is 0 Å². The molecule has 146 valence electrons. The summed E-state index contributed by atoms with van der Waals surface area (Å²) in [4.78, 5) is 0. The average molecular weight is 363 g/mol. The lowest BCUT2D eigenvalue weighted by atomic mass is 9.45. The van der Waals surface area contributed by atoms with E-state index in [0.29, 0.717) is 23.7 Å². The summed E-state index contributed by atoms with van der Waals surface area (Å²) < 4.78 is 14.4. The van der Waals surface area contributed by atoms with Gasteiger partial charge < -0.3 is 10.2 Å². The molecule has 7 atom stereocenters. The predicted molar refractivity (Wildman–Crippen MR) is 102 cm³/mol.